The van der Waals surface area contributed by atoms with E-state index in [0.717, 1.165) is 6.07 Å². The summed E-state index contributed by atoms with van der Waals surface area (Å²) in [7, 11) is 0. The Bertz CT molecular complexity index is 481. The minimum Gasteiger partial charge on any atom is -0.460 e. The molecule has 1 aromatic carbocycles. The fourth-order valence-electron chi connectivity index (χ4n) is 1.49. The van der Waals surface area contributed by atoms with Crippen molar-refractivity contribution in [3.63, 3.8) is 0 Å². The zero-order chi connectivity index (χ0) is 13.9. The van der Waals surface area contributed by atoms with E-state index in [9.17, 15) is 18.4 Å². The van der Waals surface area contributed by atoms with Crippen LogP contribution < -0.4 is 0 Å². The summed E-state index contributed by atoms with van der Waals surface area (Å²) >= 11 is 0. The first-order valence-corrected chi connectivity index (χ1v) is 5.58. The molecule has 0 spiro atoms. The molecule has 3 nitrogen and oxygen atoms in total. The van der Waals surface area contributed by atoms with Gasteiger partial charge in [-0.05, 0) is 24.5 Å². The first-order chi connectivity index (χ1) is 8.38. The van der Waals surface area contributed by atoms with Gasteiger partial charge in [0.2, 0.25) is 0 Å². The van der Waals surface area contributed by atoms with Crippen LogP contribution in [0.2, 0.25) is 0 Å². The molecule has 5 heteroatoms. The molecule has 0 atom stereocenters. The van der Waals surface area contributed by atoms with Crippen molar-refractivity contribution in [2.75, 3.05) is 6.61 Å². The number of esters is 1. The zero-order valence-corrected chi connectivity index (χ0v) is 10.4. The number of carbonyl (C=O) groups excluding carboxylic acids is 2. The summed E-state index contributed by atoms with van der Waals surface area (Å²) < 4.78 is 31.4. The van der Waals surface area contributed by atoms with Crippen LogP contribution in [0.1, 0.15) is 42.6 Å². The molecule has 0 radical (unpaired) electrons. The molecule has 0 fully saturated rings. The molecule has 1 rings (SSSR count). The van der Waals surface area contributed by atoms with Crippen molar-refractivity contribution in [1.29, 1.82) is 0 Å². The summed E-state index contributed by atoms with van der Waals surface area (Å²) in [6, 6.07) is 1.68. The number of carbonyl (C=O) groups is 2. The molecule has 0 aliphatic heterocycles. The molecule has 0 amide bonds. The van der Waals surface area contributed by atoms with Gasteiger partial charge in [0.15, 0.2) is 0 Å². The highest BCUT2D eigenvalue weighted by molar-refractivity contribution is 6.40. The van der Waals surface area contributed by atoms with Crippen molar-refractivity contribution in [2.24, 2.45) is 0 Å². The summed E-state index contributed by atoms with van der Waals surface area (Å²) in [5, 5.41) is 0. The zero-order valence-electron chi connectivity index (χ0n) is 10.4. The van der Waals surface area contributed by atoms with Crippen LogP contribution in [0, 0.1) is 11.6 Å². The van der Waals surface area contributed by atoms with E-state index in [1.54, 1.807) is 13.8 Å². The lowest BCUT2D eigenvalue weighted by molar-refractivity contribution is -0.137. The molecule has 0 aliphatic carbocycles. The molecule has 98 valence electrons. The van der Waals surface area contributed by atoms with Gasteiger partial charge in [-0.1, -0.05) is 13.8 Å². The lowest BCUT2D eigenvalue weighted by atomic mass is 9.98. The van der Waals surface area contributed by atoms with E-state index in [2.05, 4.69) is 4.74 Å². The molecule has 0 aliphatic rings. The third-order valence-electron chi connectivity index (χ3n) is 2.41. The molecule has 0 N–H and O–H groups in total. The Morgan fingerprint density at radius 2 is 1.83 bits per heavy atom. The minimum atomic E-state index is -1.14. The number of hydrogen-bond donors (Lipinski definition) is 0. The largest absolute Gasteiger partial charge is 0.460 e. The Labute approximate surface area is 104 Å². The second kappa shape index (κ2) is 5.71. The van der Waals surface area contributed by atoms with E-state index < -0.39 is 29.0 Å². The number of hydrogen-bond acceptors (Lipinski definition) is 3. The highest BCUT2D eigenvalue weighted by Gasteiger charge is 2.23. The van der Waals surface area contributed by atoms with Gasteiger partial charge < -0.3 is 4.74 Å². The van der Waals surface area contributed by atoms with Crippen molar-refractivity contribution < 1.29 is 23.1 Å². The van der Waals surface area contributed by atoms with E-state index >= 15 is 0 Å². The number of ketones is 1. The van der Waals surface area contributed by atoms with Crippen molar-refractivity contribution in [3.8, 4) is 0 Å². The molecule has 18 heavy (non-hydrogen) atoms. The Kier molecular flexibility index (Phi) is 4.53. The molecule has 0 unspecified atom stereocenters. The van der Waals surface area contributed by atoms with Crippen LogP contribution in [0.5, 0.6) is 0 Å². The van der Waals surface area contributed by atoms with E-state index in [-0.39, 0.29) is 18.1 Å². The molecule has 1 aromatic rings. The molecular weight excluding hydrogens is 242 g/mol. The van der Waals surface area contributed by atoms with Gasteiger partial charge in [-0.15, -0.1) is 0 Å². The standard InChI is InChI=1S/C13H14F2O3/c1-4-18-13(17)12(16)9-5-8(7(2)3)10(14)6-11(9)15/h5-7H,4H2,1-3H3. The average Bonchev–Trinajstić information content (AvgIpc) is 2.28. The van der Waals surface area contributed by atoms with Crippen molar-refractivity contribution in [1.82, 2.24) is 0 Å². The molecule has 0 saturated heterocycles. The van der Waals surface area contributed by atoms with E-state index in [4.69, 9.17) is 0 Å². The Balaban J connectivity index is 3.20. The number of Topliss-reactive ketones (excluding diaryl/α,β-unsaturated/α-hetero) is 1. The van der Waals surface area contributed by atoms with E-state index in [0.29, 0.717) is 6.07 Å². The van der Waals surface area contributed by atoms with Crippen molar-refractivity contribution in [2.45, 2.75) is 26.7 Å². The quantitative estimate of drug-likeness (QED) is 0.472. The maximum Gasteiger partial charge on any atom is 0.379 e. The fraction of sp³-hybridized carbons (Fsp3) is 0.385. The fourth-order valence-corrected chi connectivity index (χ4v) is 1.49. The van der Waals surface area contributed by atoms with Gasteiger partial charge in [-0.3, -0.25) is 4.79 Å². The molecule has 0 saturated carbocycles. The first kappa shape index (κ1) is 14.3. The van der Waals surface area contributed by atoms with Gasteiger partial charge in [0.1, 0.15) is 11.6 Å². The summed E-state index contributed by atoms with van der Waals surface area (Å²) in [6.45, 7) is 4.96. The average molecular weight is 256 g/mol. The Morgan fingerprint density at radius 1 is 1.22 bits per heavy atom. The van der Waals surface area contributed by atoms with Crippen LogP contribution in [-0.2, 0) is 9.53 Å². The lowest BCUT2D eigenvalue weighted by Crippen LogP contribution is -2.19. The van der Waals surface area contributed by atoms with Gasteiger partial charge in [-0.25, -0.2) is 13.6 Å². The number of rotatable bonds is 4. The maximum absolute atomic E-state index is 13.5. The normalized spacial score (nSPS) is 10.6. The van der Waals surface area contributed by atoms with Crippen LogP contribution in [-0.4, -0.2) is 18.4 Å². The monoisotopic (exact) mass is 256 g/mol. The summed E-state index contributed by atoms with van der Waals surface area (Å²) in [6.07, 6.45) is 0. The van der Waals surface area contributed by atoms with Crippen LogP contribution in [0.4, 0.5) is 8.78 Å². The SMILES string of the molecule is CCOC(=O)C(=O)c1cc(C(C)C)c(F)cc1F. The second-order valence-electron chi connectivity index (χ2n) is 4.06. The van der Waals surface area contributed by atoms with E-state index in [1.165, 1.54) is 6.92 Å². The highest BCUT2D eigenvalue weighted by Crippen LogP contribution is 2.22. The summed E-state index contributed by atoms with van der Waals surface area (Å²) in [4.78, 5) is 22.8. The minimum absolute atomic E-state index is 0.0183. The Hall–Kier alpha value is -1.78. The van der Waals surface area contributed by atoms with Crippen LogP contribution in [0.25, 0.3) is 0 Å². The topological polar surface area (TPSA) is 43.4 Å². The predicted molar refractivity (Wildman–Crippen MR) is 61.4 cm³/mol. The van der Waals surface area contributed by atoms with Crippen LogP contribution in [0.15, 0.2) is 12.1 Å². The third-order valence-corrected chi connectivity index (χ3v) is 2.41. The molecule has 0 heterocycles. The maximum atomic E-state index is 13.5. The van der Waals surface area contributed by atoms with Gasteiger partial charge in [0.25, 0.3) is 5.78 Å². The molecular formula is C13H14F2O3. The summed E-state index contributed by atoms with van der Waals surface area (Å²) in [5.41, 5.74) is -0.275. The third kappa shape index (κ3) is 2.91. The highest BCUT2D eigenvalue weighted by atomic mass is 19.1. The lowest BCUT2D eigenvalue weighted by Gasteiger charge is -2.10. The van der Waals surface area contributed by atoms with Crippen LogP contribution in [0.3, 0.4) is 0 Å². The van der Waals surface area contributed by atoms with Gasteiger partial charge in [0.05, 0.1) is 12.2 Å². The first-order valence-electron chi connectivity index (χ1n) is 5.58. The Morgan fingerprint density at radius 3 is 2.33 bits per heavy atom. The molecule has 0 aromatic heterocycles. The number of ether oxygens (including phenoxy) is 1. The summed E-state index contributed by atoms with van der Waals surface area (Å²) in [5.74, 6) is -4.26. The van der Waals surface area contributed by atoms with E-state index in [1.807, 2.05) is 0 Å². The number of benzene rings is 1. The van der Waals surface area contributed by atoms with Crippen molar-refractivity contribution in [3.05, 3.63) is 34.9 Å². The second-order valence-corrected chi connectivity index (χ2v) is 4.06. The number of halogens is 2. The van der Waals surface area contributed by atoms with Gasteiger partial charge in [0, 0.05) is 6.07 Å². The van der Waals surface area contributed by atoms with Crippen LogP contribution >= 0.6 is 0 Å². The van der Waals surface area contributed by atoms with Gasteiger partial charge >= 0.3 is 5.97 Å². The van der Waals surface area contributed by atoms with Gasteiger partial charge in [-0.2, -0.15) is 0 Å². The predicted octanol–water partition coefficient (Wildman–Crippen LogP) is 2.83. The van der Waals surface area contributed by atoms with Crippen molar-refractivity contribution >= 4 is 11.8 Å². The smallest absolute Gasteiger partial charge is 0.379 e. The molecule has 0 bridgehead atoms.